The van der Waals surface area contributed by atoms with Crippen molar-refractivity contribution in [3.8, 4) is 0 Å². The van der Waals surface area contributed by atoms with Gasteiger partial charge in [0.15, 0.2) is 0 Å². The van der Waals surface area contributed by atoms with Crippen LogP contribution in [0.1, 0.15) is 44.8 Å². The molecule has 3 rings (SSSR count). The molecule has 0 saturated carbocycles. The lowest BCUT2D eigenvalue weighted by Crippen LogP contribution is -2.43. The number of carbonyl (C=O) groups excluding carboxylic acids is 1. The van der Waals surface area contributed by atoms with Crippen LogP contribution in [0.3, 0.4) is 0 Å². The van der Waals surface area contributed by atoms with E-state index in [0.29, 0.717) is 5.92 Å². The molecule has 0 aromatic carbocycles. The smallest absolute Gasteiger partial charge is 0.244 e. The summed E-state index contributed by atoms with van der Waals surface area (Å²) in [5.41, 5.74) is 0.773. The minimum Gasteiger partial charge on any atom is -0.381 e. The summed E-state index contributed by atoms with van der Waals surface area (Å²) in [7, 11) is 0. The maximum absolute atomic E-state index is 12.9. The molecule has 0 bridgehead atoms. The Kier molecular flexibility index (Phi) is 4.33. The van der Waals surface area contributed by atoms with Crippen molar-refractivity contribution in [3.05, 3.63) is 22.4 Å². The topological polar surface area (TPSA) is 41.6 Å². The van der Waals surface area contributed by atoms with Gasteiger partial charge >= 0.3 is 0 Å². The summed E-state index contributed by atoms with van der Waals surface area (Å²) in [4.78, 5) is 14.9. The molecular weight excluding hydrogens is 284 g/mol. The molecule has 3 heterocycles. The SMILES string of the molecule is CCC1(C)NC(c2ccsc2)N(CC2CCOCC2)C1=O. The maximum Gasteiger partial charge on any atom is 0.244 e. The van der Waals surface area contributed by atoms with E-state index < -0.39 is 5.54 Å². The molecule has 2 atom stereocenters. The van der Waals surface area contributed by atoms with Gasteiger partial charge in [0.05, 0.1) is 5.54 Å². The molecule has 5 heteroatoms. The van der Waals surface area contributed by atoms with Gasteiger partial charge in [0, 0.05) is 19.8 Å². The quantitative estimate of drug-likeness (QED) is 0.930. The van der Waals surface area contributed by atoms with E-state index in [1.165, 1.54) is 5.56 Å². The molecule has 0 aliphatic carbocycles. The summed E-state index contributed by atoms with van der Waals surface area (Å²) in [5.74, 6) is 0.803. The Balaban J connectivity index is 1.81. The largest absolute Gasteiger partial charge is 0.381 e. The van der Waals surface area contributed by atoms with Crippen molar-refractivity contribution in [3.63, 3.8) is 0 Å². The van der Waals surface area contributed by atoms with Crippen molar-refractivity contribution in [1.29, 1.82) is 0 Å². The summed E-state index contributed by atoms with van der Waals surface area (Å²) in [5, 5.41) is 7.78. The van der Waals surface area contributed by atoms with Gasteiger partial charge in [0.25, 0.3) is 0 Å². The molecule has 0 spiro atoms. The van der Waals surface area contributed by atoms with Crippen molar-refractivity contribution >= 4 is 17.2 Å². The lowest BCUT2D eigenvalue weighted by Gasteiger charge is -2.30. The van der Waals surface area contributed by atoms with Crippen LogP contribution < -0.4 is 5.32 Å². The highest BCUT2D eigenvalue weighted by Gasteiger charge is 2.47. The van der Waals surface area contributed by atoms with E-state index in [2.05, 4.69) is 34.0 Å². The Morgan fingerprint density at radius 1 is 1.48 bits per heavy atom. The van der Waals surface area contributed by atoms with Crippen molar-refractivity contribution in [1.82, 2.24) is 10.2 Å². The van der Waals surface area contributed by atoms with Crippen LogP contribution >= 0.6 is 11.3 Å². The third-order valence-corrected chi connectivity index (χ3v) is 5.56. The number of amides is 1. The molecule has 2 fully saturated rings. The first-order chi connectivity index (χ1) is 10.1. The van der Waals surface area contributed by atoms with E-state index in [9.17, 15) is 4.79 Å². The molecule has 2 saturated heterocycles. The average molecular weight is 308 g/mol. The first kappa shape index (κ1) is 15.0. The monoisotopic (exact) mass is 308 g/mol. The number of carbonyl (C=O) groups is 1. The fourth-order valence-electron chi connectivity index (χ4n) is 3.22. The van der Waals surface area contributed by atoms with Gasteiger partial charge in [-0.05, 0) is 54.5 Å². The number of ether oxygens (including phenoxy) is 1. The molecule has 1 aromatic heterocycles. The molecule has 1 N–H and O–H groups in total. The molecule has 2 aliphatic heterocycles. The summed E-state index contributed by atoms with van der Waals surface area (Å²) < 4.78 is 5.43. The van der Waals surface area contributed by atoms with Crippen LogP contribution in [-0.4, -0.2) is 36.1 Å². The van der Waals surface area contributed by atoms with Gasteiger partial charge in [-0.3, -0.25) is 10.1 Å². The van der Waals surface area contributed by atoms with Crippen LogP contribution in [0.2, 0.25) is 0 Å². The number of hydrogen-bond donors (Lipinski definition) is 1. The fraction of sp³-hybridized carbons (Fsp3) is 0.688. The first-order valence-corrected chi connectivity index (χ1v) is 8.77. The van der Waals surface area contributed by atoms with E-state index in [0.717, 1.165) is 39.0 Å². The highest BCUT2D eigenvalue weighted by molar-refractivity contribution is 7.07. The second kappa shape index (κ2) is 6.07. The molecule has 4 nitrogen and oxygen atoms in total. The predicted octanol–water partition coefficient (Wildman–Crippen LogP) is 2.77. The second-order valence-corrected chi connectivity index (χ2v) is 7.08. The summed E-state index contributed by atoms with van der Waals surface area (Å²) in [6.45, 7) is 6.60. The van der Waals surface area contributed by atoms with Gasteiger partial charge in [0.2, 0.25) is 5.91 Å². The number of nitrogens with zero attached hydrogens (tertiary/aromatic N) is 1. The van der Waals surface area contributed by atoms with E-state index in [1.54, 1.807) is 11.3 Å². The Morgan fingerprint density at radius 2 is 2.24 bits per heavy atom. The van der Waals surface area contributed by atoms with Gasteiger partial charge in [-0.1, -0.05) is 6.92 Å². The average Bonchev–Trinajstić information content (AvgIpc) is 3.11. The van der Waals surface area contributed by atoms with Gasteiger partial charge in [-0.15, -0.1) is 0 Å². The van der Waals surface area contributed by atoms with E-state index in [1.807, 2.05) is 6.92 Å². The van der Waals surface area contributed by atoms with Crippen molar-refractivity contribution in [2.24, 2.45) is 5.92 Å². The number of nitrogens with one attached hydrogen (secondary N) is 1. The second-order valence-electron chi connectivity index (χ2n) is 6.30. The summed E-state index contributed by atoms with van der Waals surface area (Å²) in [6.07, 6.45) is 2.96. The Hall–Kier alpha value is -0.910. The molecule has 0 radical (unpaired) electrons. The van der Waals surface area contributed by atoms with E-state index in [4.69, 9.17) is 4.74 Å². The van der Waals surface area contributed by atoms with Crippen molar-refractivity contribution in [2.45, 2.75) is 44.8 Å². The van der Waals surface area contributed by atoms with Crippen molar-refractivity contribution < 1.29 is 9.53 Å². The van der Waals surface area contributed by atoms with Crippen LogP contribution in [-0.2, 0) is 9.53 Å². The molecule has 1 aromatic rings. The third-order valence-electron chi connectivity index (χ3n) is 4.86. The van der Waals surface area contributed by atoms with E-state index >= 15 is 0 Å². The molecule has 21 heavy (non-hydrogen) atoms. The standard InChI is InChI=1S/C16H24N2O2S/c1-3-16(2)15(19)18(10-12-4-7-20-8-5-12)14(17-16)13-6-9-21-11-13/h6,9,11-12,14,17H,3-5,7-8,10H2,1-2H3. The minimum atomic E-state index is -0.433. The number of thiophene rings is 1. The zero-order valence-electron chi connectivity index (χ0n) is 12.8. The van der Waals surface area contributed by atoms with Crippen LogP contribution in [0.15, 0.2) is 16.8 Å². The van der Waals surface area contributed by atoms with Crippen LogP contribution in [0.4, 0.5) is 0 Å². The molecule has 1 amide bonds. The maximum atomic E-state index is 12.9. The zero-order chi connectivity index (χ0) is 14.9. The van der Waals surface area contributed by atoms with Crippen LogP contribution in [0, 0.1) is 5.92 Å². The molecule has 2 unspecified atom stereocenters. The van der Waals surface area contributed by atoms with Gasteiger partial charge < -0.3 is 9.64 Å². The predicted molar refractivity (Wildman–Crippen MR) is 84.1 cm³/mol. The Bertz CT molecular complexity index is 484. The minimum absolute atomic E-state index is 0.0246. The highest BCUT2D eigenvalue weighted by atomic mass is 32.1. The zero-order valence-corrected chi connectivity index (χ0v) is 13.6. The fourth-order valence-corrected chi connectivity index (χ4v) is 3.90. The van der Waals surface area contributed by atoms with Crippen LogP contribution in [0.5, 0.6) is 0 Å². The van der Waals surface area contributed by atoms with Gasteiger partial charge in [0.1, 0.15) is 6.17 Å². The number of rotatable bonds is 4. The van der Waals surface area contributed by atoms with Crippen LogP contribution in [0.25, 0.3) is 0 Å². The molecule has 116 valence electrons. The number of hydrogen-bond acceptors (Lipinski definition) is 4. The van der Waals surface area contributed by atoms with Crippen molar-refractivity contribution in [2.75, 3.05) is 19.8 Å². The molecular formula is C16H24N2O2S. The van der Waals surface area contributed by atoms with E-state index in [-0.39, 0.29) is 12.1 Å². The Labute approximate surface area is 130 Å². The lowest BCUT2D eigenvalue weighted by atomic mass is 9.97. The first-order valence-electron chi connectivity index (χ1n) is 7.82. The summed E-state index contributed by atoms with van der Waals surface area (Å²) >= 11 is 1.69. The lowest BCUT2D eigenvalue weighted by molar-refractivity contribution is -0.134. The highest BCUT2D eigenvalue weighted by Crippen LogP contribution is 2.35. The summed E-state index contributed by atoms with van der Waals surface area (Å²) in [6, 6.07) is 2.12. The molecule has 2 aliphatic rings. The van der Waals surface area contributed by atoms with Gasteiger partial charge in [-0.2, -0.15) is 11.3 Å². The van der Waals surface area contributed by atoms with Gasteiger partial charge in [-0.25, -0.2) is 0 Å². The Morgan fingerprint density at radius 3 is 2.86 bits per heavy atom. The third kappa shape index (κ3) is 2.87. The normalized spacial score (nSPS) is 31.0.